The first kappa shape index (κ1) is 31.0. The van der Waals surface area contributed by atoms with E-state index in [0.29, 0.717) is 10.6 Å². The molecule has 41 heavy (non-hydrogen) atoms. The van der Waals surface area contributed by atoms with Crippen molar-refractivity contribution in [3.05, 3.63) is 85.7 Å². The number of aryl methyl sites for hydroxylation is 1. The monoisotopic (exact) mass is 679 g/mol. The van der Waals surface area contributed by atoms with Gasteiger partial charge in [-0.25, -0.2) is 0 Å². The molecule has 1 fully saturated rings. The number of methoxy groups -OCH3 is 1. The molecule has 0 N–H and O–H groups in total. The lowest BCUT2D eigenvalue weighted by molar-refractivity contribution is -0.123. The number of hydrogen-bond donors (Lipinski definition) is 0. The van der Waals surface area contributed by atoms with E-state index < -0.39 is 21.3 Å². The van der Waals surface area contributed by atoms with Crippen molar-refractivity contribution in [3.63, 3.8) is 0 Å². The van der Waals surface area contributed by atoms with Crippen LogP contribution in [0.25, 0.3) is 6.08 Å². The van der Waals surface area contributed by atoms with Gasteiger partial charge in [0.1, 0.15) is 17.3 Å². The van der Waals surface area contributed by atoms with E-state index in [0.717, 1.165) is 33.5 Å². The predicted octanol–water partition coefficient (Wildman–Crippen LogP) is 7.43. The van der Waals surface area contributed by atoms with E-state index in [2.05, 4.69) is 29.8 Å². The van der Waals surface area contributed by atoms with Crippen LogP contribution in [-0.4, -0.2) is 44.7 Å². The fourth-order valence-corrected chi connectivity index (χ4v) is 6.59. The van der Waals surface area contributed by atoms with Crippen molar-refractivity contribution in [1.82, 2.24) is 4.90 Å². The van der Waals surface area contributed by atoms with Gasteiger partial charge in [0.25, 0.3) is 11.1 Å². The Kier molecular flexibility index (Phi) is 9.73. The highest BCUT2D eigenvalue weighted by atomic mass is 79.9. The molecule has 0 atom stereocenters. The normalized spacial score (nSPS) is 14.7. The van der Waals surface area contributed by atoms with Gasteiger partial charge in [-0.15, -0.1) is 0 Å². The van der Waals surface area contributed by atoms with Gasteiger partial charge in [-0.05, 0) is 106 Å². The summed E-state index contributed by atoms with van der Waals surface area (Å²) in [5, 5.41) is -0.0197. The summed E-state index contributed by atoms with van der Waals surface area (Å²) >= 11 is 10.0. The van der Waals surface area contributed by atoms with Crippen LogP contribution in [0, 0.1) is 6.92 Å². The van der Waals surface area contributed by atoms with Gasteiger partial charge in [0.2, 0.25) is 0 Å². The second-order valence-corrected chi connectivity index (χ2v) is 13.2. The molecule has 3 aromatic rings. The average Bonchev–Trinajstić information content (AvgIpc) is 3.17. The molecule has 2 amide bonds. The Bertz CT molecular complexity index is 1620. The van der Waals surface area contributed by atoms with E-state index in [-0.39, 0.29) is 44.8 Å². The maximum Gasteiger partial charge on any atom is 0.339 e. The highest BCUT2D eigenvalue weighted by Gasteiger charge is 2.35. The average molecular weight is 681 g/mol. The van der Waals surface area contributed by atoms with E-state index in [1.807, 2.05) is 25.1 Å². The summed E-state index contributed by atoms with van der Waals surface area (Å²) in [6.45, 7) is 6.37. The quantitative estimate of drug-likeness (QED) is 0.161. The number of nitrogens with zero attached hydrogens (tertiary/aromatic N) is 1. The maximum atomic E-state index is 13.1. The topological polar surface area (TPSA) is 99.2 Å². The first-order valence-corrected chi connectivity index (χ1v) is 15.9. The second-order valence-electron chi connectivity index (χ2n) is 9.40. The lowest BCUT2D eigenvalue weighted by atomic mass is 10.0. The smallest absolute Gasteiger partial charge is 0.339 e. The molecule has 0 radical (unpaired) electrons. The Hall–Kier alpha value is -2.99. The standard InChI is InChI=1S/C29H27BrClNO7S2/c1-17(2)22-10-5-18(3)13-24(22)38-12-11-32-28(33)26(40-29(32)34)16-19-14-23(30)27(25(15-19)37-4)39-41(35,36)21-8-6-20(31)7-9-21/h5-10,13-17H,11-12H2,1-4H3/b26-16-. The number of ether oxygens (including phenoxy) is 2. The zero-order valence-corrected chi connectivity index (χ0v) is 26.6. The number of carbonyl (C=O) groups is 2. The van der Waals surface area contributed by atoms with Crippen LogP contribution in [-0.2, 0) is 14.9 Å². The molecule has 0 aromatic heterocycles. The van der Waals surface area contributed by atoms with Crippen molar-refractivity contribution < 1.29 is 31.7 Å². The van der Waals surface area contributed by atoms with Crippen LogP contribution < -0.4 is 13.7 Å². The van der Waals surface area contributed by atoms with Gasteiger partial charge in [-0.3, -0.25) is 14.5 Å². The van der Waals surface area contributed by atoms with E-state index in [1.165, 1.54) is 43.5 Å². The molecule has 4 rings (SSSR count). The Morgan fingerprint density at radius 3 is 2.41 bits per heavy atom. The summed E-state index contributed by atoms with van der Waals surface area (Å²) in [5.74, 6) is 0.588. The predicted molar refractivity (Wildman–Crippen MR) is 163 cm³/mol. The van der Waals surface area contributed by atoms with Crippen LogP contribution >= 0.6 is 39.3 Å². The Morgan fingerprint density at radius 1 is 1.05 bits per heavy atom. The lowest BCUT2D eigenvalue weighted by Gasteiger charge is -2.17. The minimum absolute atomic E-state index is 0.0678. The molecular weight excluding hydrogens is 654 g/mol. The van der Waals surface area contributed by atoms with Gasteiger partial charge in [-0.1, -0.05) is 37.6 Å². The van der Waals surface area contributed by atoms with E-state index in [9.17, 15) is 18.0 Å². The molecule has 0 unspecified atom stereocenters. The Morgan fingerprint density at radius 2 is 1.76 bits per heavy atom. The molecule has 8 nitrogen and oxygen atoms in total. The molecule has 3 aromatic carbocycles. The number of carbonyl (C=O) groups excluding carboxylic acids is 2. The van der Waals surface area contributed by atoms with Crippen LogP contribution in [0.1, 0.15) is 36.5 Å². The third-order valence-corrected chi connectivity index (χ3v) is 9.07. The number of imide groups is 1. The van der Waals surface area contributed by atoms with E-state index in [1.54, 1.807) is 6.07 Å². The SMILES string of the molecule is COc1cc(/C=C2\SC(=O)N(CCOc3cc(C)ccc3C(C)C)C2=O)cc(Br)c1OS(=O)(=O)c1ccc(Cl)cc1. The molecule has 1 aliphatic rings. The molecule has 0 spiro atoms. The third kappa shape index (κ3) is 7.27. The first-order valence-electron chi connectivity index (χ1n) is 12.5. The van der Waals surface area contributed by atoms with Crippen LogP contribution in [0.15, 0.2) is 68.9 Å². The summed E-state index contributed by atoms with van der Waals surface area (Å²) in [7, 11) is -2.83. The fourth-order valence-electron chi connectivity index (χ4n) is 4.00. The molecule has 1 aliphatic heterocycles. The maximum absolute atomic E-state index is 13.1. The second kappa shape index (κ2) is 12.9. The molecule has 1 saturated heterocycles. The van der Waals surface area contributed by atoms with Gasteiger partial charge < -0.3 is 13.7 Å². The van der Waals surface area contributed by atoms with Crippen molar-refractivity contribution in [2.75, 3.05) is 20.3 Å². The largest absolute Gasteiger partial charge is 0.493 e. The lowest BCUT2D eigenvalue weighted by Crippen LogP contribution is -2.32. The Balaban J connectivity index is 1.49. The van der Waals surface area contributed by atoms with Crippen molar-refractivity contribution >= 4 is 66.6 Å². The number of thioether (sulfide) groups is 1. The van der Waals surface area contributed by atoms with Crippen molar-refractivity contribution in [3.8, 4) is 17.2 Å². The van der Waals surface area contributed by atoms with Crippen molar-refractivity contribution in [2.45, 2.75) is 31.6 Å². The summed E-state index contributed by atoms with van der Waals surface area (Å²) in [6, 6.07) is 14.6. The number of rotatable bonds is 10. The minimum atomic E-state index is -4.19. The first-order chi connectivity index (χ1) is 19.4. The third-order valence-electron chi connectivity index (χ3n) is 6.08. The van der Waals surface area contributed by atoms with E-state index >= 15 is 0 Å². The number of halogens is 2. The minimum Gasteiger partial charge on any atom is -0.493 e. The zero-order chi connectivity index (χ0) is 29.9. The van der Waals surface area contributed by atoms with Crippen molar-refractivity contribution in [2.24, 2.45) is 0 Å². The molecular formula is C29H27BrClNO7S2. The van der Waals surface area contributed by atoms with Gasteiger partial charge in [0.05, 0.1) is 23.0 Å². The van der Waals surface area contributed by atoms with Crippen LogP contribution in [0.4, 0.5) is 4.79 Å². The summed E-state index contributed by atoms with van der Waals surface area (Å²) in [5.41, 5.74) is 2.60. The molecule has 0 saturated carbocycles. The van der Waals surface area contributed by atoms with Gasteiger partial charge >= 0.3 is 10.1 Å². The fraction of sp³-hybridized carbons (Fsp3) is 0.241. The highest BCUT2D eigenvalue weighted by molar-refractivity contribution is 9.10. The number of hydrogen-bond acceptors (Lipinski definition) is 8. The highest BCUT2D eigenvalue weighted by Crippen LogP contribution is 2.40. The van der Waals surface area contributed by atoms with E-state index in [4.69, 9.17) is 25.3 Å². The molecule has 0 bridgehead atoms. The van der Waals surface area contributed by atoms with Crippen LogP contribution in [0.5, 0.6) is 17.2 Å². The van der Waals surface area contributed by atoms with Crippen LogP contribution in [0.2, 0.25) is 5.02 Å². The molecule has 12 heteroatoms. The number of benzene rings is 3. The zero-order valence-electron chi connectivity index (χ0n) is 22.6. The molecule has 1 heterocycles. The van der Waals surface area contributed by atoms with Crippen molar-refractivity contribution in [1.29, 1.82) is 0 Å². The summed E-state index contributed by atoms with van der Waals surface area (Å²) in [4.78, 5) is 27.0. The number of amides is 2. The van der Waals surface area contributed by atoms with Gasteiger partial charge in [-0.2, -0.15) is 8.42 Å². The summed E-state index contributed by atoms with van der Waals surface area (Å²) < 4.78 is 42.6. The van der Waals surface area contributed by atoms with Gasteiger partial charge in [0, 0.05) is 5.02 Å². The summed E-state index contributed by atoms with van der Waals surface area (Å²) in [6.07, 6.45) is 1.54. The Labute approximate surface area is 256 Å². The van der Waals surface area contributed by atoms with Crippen LogP contribution in [0.3, 0.4) is 0 Å². The molecule has 0 aliphatic carbocycles. The van der Waals surface area contributed by atoms with Gasteiger partial charge in [0.15, 0.2) is 11.5 Å². The molecule has 216 valence electrons.